The fourth-order valence-electron chi connectivity index (χ4n) is 4.11. The quantitative estimate of drug-likeness (QED) is 0.225. The third-order valence-corrected chi connectivity index (χ3v) is 6.43. The lowest BCUT2D eigenvalue weighted by atomic mass is 10.0. The van der Waals surface area contributed by atoms with Crippen molar-refractivity contribution in [3.63, 3.8) is 0 Å². The minimum absolute atomic E-state index is 0.418. The molecule has 1 N–H and O–H groups in total. The van der Waals surface area contributed by atoms with E-state index in [-0.39, 0.29) is 0 Å². The molecular formula is C29H40N6O5. The maximum absolute atomic E-state index is 11.6. The van der Waals surface area contributed by atoms with Gasteiger partial charge in [-0.1, -0.05) is 19.1 Å². The fraction of sp³-hybridized carbons (Fsp3) is 0.483. The average Bonchev–Trinajstić information content (AvgIpc) is 3.46. The summed E-state index contributed by atoms with van der Waals surface area (Å²) in [5.74, 6) is 1.36. The molecule has 3 rings (SSSR count). The Morgan fingerprint density at radius 3 is 2.30 bits per heavy atom. The number of allylic oxidation sites excluding steroid dienone is 4. The van der Waals surface area contributed by atoms with Crippen molar-refractivity contribution in [1.82, 2.24) is 30.1 Å². The second-order valence-corrected chi connectivity index (χ2v) is 10.4. The van der Waals surface area contributed by atoms with Crippen LogP contribution in [0.15, 0.2) is 34.5 Å². The van der Waals surface area contributed by atoms with Gasteiger partial charge < -0.3 is 19.0 Å². The third-order valence-electron chi connectivity index (χ3n) is 6.43. The highest BCUT2D eigenvalue weighted by Gasteiger charge is 2.30. The van der Waals surface area contributed by atoms with Gasteiger partial charge in [-0.15, -0.1) is 10.2 Å². The number of aromatic nitrogens is 5. The van der Waals surface area contributed by atoms with Gasteiger partial charge in [-0.25, -0.2) is 4.79 Å². The summed E-state index contributed by atoms with van der Waals surface area (Å²) in [4.78, 5) is 15.4. The van der Waals surface area contributed by atoms with E-state index in [9.17, 15) is 9.90 Å². The summed E-state index contributed by atoms with van der Waals surface area (Å²) in [6.07, 6.45) is 4.61. The maximum Gasteiger partial charge on any atom is 0.347 e. The van der Waals surface area contributed by atoms with Crippen LogP contribution in [0.2, 0.25) is 0 Å². The highest BCUT2D eigenvalue weighted by molar-refractivity contribution is 5.77. The number of carboxylic acids is 1. The van der Waals surface area contributed by atoms with Gasteiger partial charge in [0.1, 0.15) is 11.4 Å². The highest BCUT2D eigenvalue weighted by Crippen LogP contribution is 2.29. The first-order valence-corrected chi connectivity index (χ1v) is 13.2. The molecule has 0 atom stereocenters. The fourth-order valence-corrected chi connectivity index (χ4v) is 4.11. The summed E-state index contributed by atoms with van der Waals surface area (Å²) < 4.78 is 16.8. The summed E-state index contributed by atoms with van der Waals surface area (Å²) >= 11 is 0. The smallest absolute Gasteiger partial charge is 0.347 e. The zero-order valence-electron chi connectivity index (χ0n) is 24.9. The Balaban J connectivity index is 1.90. The van der Waals surface area contributed by atoms with Gasteiger partial charge in [0.15, 0.2) is 5.60 Å². The molecule has 2 heterocycles. The number of aliphatic carboxylic acids is 1. The number of hydrogen-bond acceptors (Lipinski definition) is 9. The van der Waals surface area contributed by atoms with E-state index in [0.717, 1.165) is 46.0 Å². The molecule has 3 aromatic rings. The molecule has 1 aromatic carbocycles. The highest BCUT2D eigenvalue weighted by atomic mass is 16.5. The summed E-state index contributed by atoms with van der Waals surface area (Å²) in [5, 5.41) is 27.1. The predicted molar refractivity (Wildman–Crippen MR) is 150 cm³/mol. The Kier molecular flexibility index (Phi) is 9.86. The van der Waals surface area contributed by atoms with E-state index in [1.54, 1.807) is 32.7 Å². The van der Waals surface area contributed by atoms with Gasteiger partial charge in [-0.2, -0.15) is 15.0 Å². The van der Waals surface area contributed by atoms with Gasteiger partial charge in [-0.3, -0.25) is 4.90 Å². The van der Waals surface area contributed by atoms with Crippen molar-refractivity contribution in [2.75, 3.05) is 7.11 Å². The largest absolute Gasteiger partial charge is 0.501 e. The van der Waals surface area contributed by atoms with Crippen molar-refractivity contribution in [3.8, 4) is 5.75 Å². The number of nitrogens with zero attached hydrogens (tertiary/aromatic N) is 6. The van der Waals surface area contributed by atoms with E-state index in [1.807, 2.05) is 52.0 Å². The summed E-state index contributed by atoms with van der Waals surface area (Å²) in [6, 6.07) is 4.02. The molecule has 0 unspecified atom stereocenters. The molecule has 0 aliphatic carbocycles. The van der Waals surface area contributed by atoms with Crippen LogP contribution in [-0.4, -0.2) is 53.9 Å². The van der Waals surface area contributed by atoms with Crippen LogP contribution in [0.25, 0.3) is 5.70 Å². The number of hydrogen-bond donors (Lipinski definition) is 1. The maximum atomic E-state index is 11.6. The first kappa shape index (κ1) is 30.6. The van der Waals surface area contributed by atoms with Crippen LogP contribution in [0.5, 0.6) is 5.75 Å². The molecule has 40 heavy (non-hydrogen) atoms. The van der Waals surface area contributed by atoms with Crippen LogP contribution in [0.1, 0.15) is 74.0 Å². The minimum Gasteiger partial charge on any atom is -0.501 e. The second-order valence-electron chi connectivity index (χ2n) is 10.4. The number of aryl methyl sites for hydroxylation is 4. The van der Waals surface area contributed by atoms with Crippen LogP contribution < -0.4 is 4.74 Å². The normalized spacial score (nSPS) is 12.8. The predicted octanol–water partition coefficient (Wildman–Crippen LogP) is 5.14. The molecule has 0 radical (unpaired) electrons. The molecule has 0 saturated heterocycles. The van der Waals surface area contributed by atoms with Gasteiger partial charge in [0, 0.05) is 20.0 Å². The molecule has 0 fully saturated rings. The molecule has 0 amide bonds. The Morgan fingerprint density at radius 2 is 1.75 bits per heavy atom. The topological polar surface area (TPSA) is 129 Å². The Hall–Kier alpha value is -3.99. The lowest BCUT2D eigenvalue weighted by molar-refractivity contribution is -0.152. The van der Waals surface area contributed by atoms with Gasteiger partial charge >= 0.3 is 5.97 Å². The Morgan fingerprint density at radius 1 is 1.07 bits per heavy atom. The third kappa shape index (κ3) is 7.78. The number of methoxy groups -OCH3 is 1. The van der Waals surface area contributed by atoms with Crippen molar-refractivity contribution in [3.05, 3.63) is 69.9 Å². The van der Waals surface area contributed by atoms with Gasteiger partial charge in [0.2, 0.25) is 11.8 Å². The molecule has 216 valence electrons. The number of ether oxygens (including phenoxy) is 2. The standard InChI is InChI=1S/C29H40N6O5/c1-10-24(12-11-20(4)38-9)35-32-21(5)25(33-35)16-34(17-26-31-30-22(6)39-26)15-23-13-18(2)27(19(3)14-23)40-29(7,8)28(36)37/h11-14H,10,15-17H2,1-9H3,(H,36,37)/b20-11+,24-12+. The molecule has 0 aliphatic heterocycles. The van der Waals surface area contributed by atoms with Gasteiger partial charge in [-0.05, 0) is 76.8 Å². The molecule has 11 heteroatoms. The van der Waals surface area contributed by atoms with Crippen molar-refractivity contribution in [1.29, 1.82) is 0 Å². The van der Waals surface area contributed by atoms with E-state index >= 15 is 0 Å². The molecule has 2 aromatic heterocycles. The second kappa shape index (κ2) is 12.9. The van der Waals surface area contributed by atoms with Gasteiger partial charge in [0.05, 0.1) is 30.8 Å². The summed E-state index contributed by atoms with van der Waals surface area (Å²) in [5.41, 5.74) is 4.01. The minimum atomic E-state index is -1.34. The van der Waals surface area contributed by atoms with E-state index in [4.69, 9.17) is 19.0 Å². The van der Waals surface area contributed by atoms with Crippen molar-refractivity contribution in [2.24, 2.45) is 0 Å². The van der Waals surface area contributed by atoms with Gasteiger partial charge in [0.25, 0.3) is 0 Å². The number of carboxylic acid groups (broad SMARTS) is 1. The van der Waals surface area contributed by atoms with Crippen LogP contribution >= 0.6 is 0 Å². The lowest BCUT2D eigenvalue weighted by Gasteiger charge is -2.25. The molecule has 0 saturated carbocycles. The SMILES string of the molecule is CC/C(=C\C=C(/C)OC)n1nc(C)c(CN(Cc2cc(C)c(OC(C)(C)C(=O)O)c(C)c2)Cc2nnc(C)o2)n1. The Labute approximate surface area is 235 Å². The summed E-state index contributed by atoms with van der Waals surface area (Å²) in [6.45, 7) is 16.1. The average molecular weight is 553 g/mol. The molecule has 0 spiro atoms. The van der Waals surface area contributed by atoms with E-state index < -0.39 is 11.6 Å². The zero-order chi connectivity index (χ0) is 29.6. The summed E-state index contributed by atoms with van der Waals surface area (Å²) in [7, 11) is 1.64. The molecule has 0 aliphatic rings. The number of carbonyl (C=O) groups is 1. The molecule has 0 bridgehead atoms. The van der Waals surface area contributed by atoms with E-state index in [0.29, 0.717) is 37.2 Å². The van der Waals surface area contributed by atoms with E-state index in [1.165, 1.54) is 0 Å². The first-order valence-electron chi connectivity index (χ1n) is 13.2. The van der Waals surface area contributed by atoms with E-state index in [2.05, 4.69) is 27.1 Å². The monoisotopic (exact) mass is 552 g/mol. The Bertz CT molecular complexity index is 1380. The molecular weight excluding hydrogens is 512 g/mol. The van der Waals surface area contributed by atoms with Crippen LogP contribution in [0.3, 0.4) is 0 Å². The van der Waals surface area contributed by atoms with Crippen molar-refractivity contribution >= 4 is 11.7 Å². The van der Waals surface area contributed by atoms with Crippen LogP contribution in [0.4, 0.5) is 0 Å². The van der Waals surface area contributed by atoms with Crippen LogP contribution in [0, 0.1) is 27.7 Å². The van der Waals surface area contributed by atoms with Crippen molar-refractivity contribution < 1.29 is 23.8 Å². The zero-order valence-corrected chi connectivity index (χ0v) is 24.9. The lowest BCUT2D eigenvalue weighted by Crippen LogP contribution is -2.38. The van der Waals surface area contributed by atoms with Crippen LogP contribution in [-0.2, 0) is 29.2 Å². The number of benzene rings is 1. The first-order chi connectivity index (χ1) is 18.8. The number of rotatable bonds is 13. The molecule has 11 nitrogen and oxygen atoms in total. The van der Waals surface area contributed by atoms with Crippen molar-refractivity contribution in [2.45, 2.75) is 87.0 Å².